The number of halogens is 1. The van der Waals surface area contributed by atoms with Crippen molar-refractivity contribution in [2.24, 2.45) is 0 Å². The molecule has 1 atom stereocenters. The summed E-state index contributed by atoms with van der Waals surface area (Å²) < 4.78 is 0.312. The molecule has 108 valence electrons. The predicted molar refractivity (Wildman–Crippen MR) is 82.7 cm³/mol. The molecule has 0 spiro atoms. The van der Waals surface area contributed by atoms with E-state index in [0.29, 0.717) is 23.1 Å². The standard InChI is InChI=1S/C13H26N2OS.ClH/c1-11-10-15(8-7-14-11)12(16)6-5-9-17-13(2,3)4;/h11,14H,5-10H2,1-4H3;1H/t11-;/m1./s1. The largest absolute Gasteiger partial charge is 0.340 e. The van der Waals surface area contributed by atoms with Crippen LogP contribution in [-0.2, 0) is 4.79 Å². The Bertz CT molecular complexity index is 256. The summed E-state index contributed by atoms with van der Waals surface area (Å²) in [5.41, 5.74) is 0. The molecule has 0 saturated carbocycles. The SMILES string of the molecule is C[C@@H]1CN(C(=O)CCCSC(C)(C)C)CCN1.Cl. The number of rotatable bonds is 4. The fraction of sp³-hybridized carbons (Fsp3) is 0.923. The van der Waals surface area contributed by atoms with E-state index in [1.807, 2.05) is 16.7 Å². The van der Waals surface area contributed by atoms with E-state index in [1.54, 1.807) is 0 Å². The number of carbonyl (C=O) groups is 1. The molecule has 1 rings (SSSR count). The second-order valence-electron chi connectivity index (χ2n) is 5.76. The maximum atomic E-state index is 12.0. The lowest BCUT2D eigenvalue weighted by Crippen LogP contribution is -2.51. The van der Waals surface area contributed by atoms with Crippen LogP contribution >= 0.6 is 24.2 Å². The second-order valence-corrected chi connectivity index (χ2v) is 7.68. The number of thioether (sulfide) groups is 1. The molecule has 1 heterocycles. The zero-order valence-corrected chi connectivity index (χ0v) is 13.6. The molecule has 0 aliphatic carbocycles. The van der Waals surface area contributed by atoms with Gasteiger partial charge in [-0.2, -0.15) is 11.8 Å². The Morgan fingerprint density at radius 2 is 2.11 bits per heavy atom. The highest BCUT2D eigenvalue weighted by Crippen LogP contribution is 2.24. The monoisotopic (exact) mass is 294 g/mol. The Morgan fingerprint density at radius 3 is 2.67 bits per heavy atom. The van der Waals surface area contributed by atoms with E-state index in [0.717, 1.165) is 31.8 Å². The molecule has 1 N–H and O–H groups in total. The summed E-state index contributed by atoms with van der Waals surface area (Å²) in [4.78, 5) is 14.0. The average Bonchev–Trinajstić information content (AvgIpc) is 2.23. The summed E-state index contributed by atoms with van der Waals surface area (Å²) in [6, 6.07) is 0.441. The van der Waals surface area contributed by atoms with Crippen molar-refractivity contribution in [1.82, 2.24) is 10.2 Å². The first-order chi connectivity index (χ1) is 7.88. The predicted octanol–water partition coefficient (Wildman–Crippen LogP) is 2.54. The van der Waals surface area contributed by atoms with E-state index < -0.39 is 0 Å². The van der Waals surface area contributed by atoms with Crippen LogP contribution in [0.25, 0.3) is 0 Å². The molecule has 1 aliphatic heterocycles. The van der Waals surface area contributed by atoms with E-state index in [4.69, 9.17) is 0 Å². The van der Waals surface area contributed by atoms with Gasteiger partial charge in [-0.25, -0.2) is 0 Å². The molecule has 0 aromatic carbocycles. The maximum Gasteiger partial charge on any atom is 0.222 e. The molecule has 1 saturated heterocycles. The molecule has 3 nitrogen and oxygen atoms in total. The highest BCUT2D eigenvalue weighted by Gasteiger charge is 2.20. The van der Waals surface area contributed by atoms with Crippen LogP contribution in [0.15, 0.2) is 0 Å². The van der Waals surface area contributed by atoms with Crippen LogP contribution in [-0.4, -0.2) is 47.0 Å². The van der Waals surface area contributed by atoms with Gasteiger partial charge in [0.25, 0.3) is 0 Å². The first-order valence-corrected chi connectivity index (χ1v) is 7.52. The molecule has 0 unspecified atom stereocenters. The quantitative estimate of drug-likeness (QED) is 0.809. The number of piperazine rings is 1. The van der Waals surface area contributed by atoms with Gasteiger partial charge in [-0.05, 0) is 19.1 Å². The molecule has 1 aliphatic rings. The van der Waals surface area contributed by atoms with Crippen molar-refractivity contribution in [3.63, 3.8) is 0 Å². The molecule has 0 radical (unpaired) electrons. The molecular formula is C13H27ClN2OS. The van der Waals surface area contributed by atoms with Crippen LogP contribution in [0.2, 0.25) is 0 Å². The van der Waals surface area contributed by atoms with E-state index in [-0.39, 0.29) is 12.4 Å². The van der Waals surface area contributed by atoms with Crippen LogP contribution in [0.5, 0.6) is 0 Å². The summed E-state index contributed by atoms with van der Waals surface area (Å²) in [5, 5.41) is 3.36. The van der Waals surface area contributed by atoms with Gasteiger partial charge in [0.05, 0.1) is 0 Å². The number of hydrogen-bond acceptors (Lipinski definition) is 3. The van der Waals surface area contributed by atoms with Gasteiger partial charge in [-0.3, -0.25) is 4.79 Å². The zero-order chi connectivity index (χ0) is 12.9. The molecule has 0 aromatic rings. The van der Waals surface area contributed by atoms with Crippen LogP contribution in [0, 0.1) is 0 Å². The highest BCUT2D eigenvalue weighted by atomic mass is 35.5. The number of nitrogens with zero attached hydrogens (tertiary/aromatic N) is 1. The smallest absolute Gasteiger partial charge is 0.222 e. The lowest BCUT2D eigenvalue weighted by Gasteiger charge is -2.32. The number of carbonyl (C=O) groups excluding carboxylic acids is 1. The highest BCUT2D eigenvalue weighted by molar-refractivity contribution is 8.00. The normalized spacial score (nSPS) is 20.4. The maximum absolute atomic E-state index is 12.0. The fourth-order valence-corrected chi connectivity index (χ4v) is 2.82. The van der Waals surface area contributed by atoms with Crippen LogP contribution in [0.1, 0.15) is 40.5 Å². The van der Waals surface area contributed by atoms with Crippen LogP contribution in [0.4, 0.5) is 0 Å². The fourth-order valence-electron chi connectivity index (χ4n) is 1.92. The number of nitrogens with one attached hydrogen (secondary N) is 1. The zero-order valence-electron chi connectivity index (χ0n) is 12.0. The van der Waals surface area contributed by atoms with E-state index in [2.05, 4.69) is 33.0 Å². The topological polar surface area (TPSA) is 32.3 Å². The molecule has 1 fully saturated rings. The number of amides is 1. The van der Waals surface area contributed by atoms with Gasteiger partial charge in [0.2, 0.25) is 5.91 Å². The van der Waals surface area contributed by atoms with Crippen molar-refractivity contribution in [3.8, 4) is 0 Å². The number of hydrogen-bond donors (Lipinski definition) is 1. The molecular weight excluding hydrogens is 268 g/mol. The third kappa shape index (κ3) is 7.49. The van der Waals surface area contributed by atoms with E-state index in [9.17, 15) is 4.79 Å². The van der Waals surface area contributed by atoms with Gasteiger partial charge < -0.3 is 10.2 Å². The van der Waals surface area contributed by atoms with Gasteiger partial charge in [0.1, 0.15) is 0 Å². The summed E-state index contributed by atoms with van der Waals surface area (Å²) in [6.45, 7) is 11.5. The summed E-state index contributed by atoms with van der Waals surface area (Å²) in [7, 11) is 0. The van der Waals surface area contributed by atoms with Gasteiger partial charge in [-0.1, -0.05) is 20.8 Å². The van der Waals surface area contributed by atoms with Gasteiger partial charge >= 0.3 is 0 Å². The third-order valence-electron chi connectivity index (χ3n) is 2.79. The van der Waals surface area contributed by atoms with Crippen LogP contribution in [0.3, 0.4) is 0 Å². The minimum atomic E-state index is 0. The lowest BCUT2D eigenvalue weighted by atomic mass is 10.2. The molecule has 1 amide bonds. The first-order valence-electron chi connectivity index (χ1n) is 6.53. The third-order valence-corrected chi connectivity index (χ3v) is 4.15. The summed E-state index contributed by atoms with van der Waals surface area (Å²) in [6.07, 6.45) is 1.70. The van der Waals surface area contributed by atoms with E-state index >= 15 is 0 Å². The lowest BCUT2D eigenvalue weighted by molar-refractivity contribution is -0.132. The summed E-state index contributed by atoms with van der Waals surface area (Å²) >= 11 is 1.94. The van der Waals surface area contributed by atoms with Gasteiger partial charge in [0.15, 0.2) is 0 Å². The molecule has 0 aromatic heterocycles. The van der Waals surface area contributed by atoms with Crippen molar-refractivity contribution in [2.45, 2.75) is 51.3 Å². The Labute approximate surface area is 122 Å². The summed E-state index contributed by atoms with van der Waals surface area (Å²) in [5.74, 6) is 1.41. The van der Waals surface area contributed by atoms with Crippen molar-refractivity contribution in [2.75, 3.05) is 25.4 Å². The Kier molecular flexibility index (Phi) is 8.31. The van der Waals surface area contributed by atoms with Crippen molar-refractivity contribution in [3.05, 3.63) is 0 Å². The first kappa shape index (κ1) is 18.1. The van der Waals surface area contributed by atoms with Gasteiger partial charge in [-0.15, -0.1) is 12.4 Å². The van der Waals surface area contributed by atoms with E-state index in [1.165, 1.54) is 0 Å². The Morgan fingerprint density at radius 1 is 1.44 bits per heavy atom. The second kappa shape index (κ2) is 8.28. The Balaban J connectivity index is 0.00000289. The van der Waals surface area contributed by atoms with Gasteiger partial charge in [0, 0.05) is 36.8 Å². The average molecular weight is 295 g/mol. The molecule has 0 bridgehead atoms. The molecule has 5 heteroatoms. The minimum absolute atomic E-state index is 0. The van der Waals surface area contributed by atoms with Crippen molar-refractivity contribution in [1.29, 1.82) is 0 Å². The van der Waals surface area contributed by atoms with Crippen molar-refractivity contribution >= 4 is 30.1 Å². The van der Waals surface area contributed by atoms with Crippen LogP contribution < -0.4 is 5.32 Å². The Hall–Kier alpha value is 0.0700. The minimum Gasteiger partial charge on any atom is -0.340 e. The van der Waals surface area contributed by atoms with Crippen molar-refractivity contribution < 1.29 is 4.79 Å². The molecule has 18 heavy (non-hydrogen) atoms.